The van der Waals surface area contributed by atoms with E-state index in [0.717, 1.165) is 11.1 Å². The highest BCUT2D eigenvalue weighted by molar-refractivity contribution is 5.23. The minimum atomic E-state index is -0.301. The van der Waals surface area contributed by atoms with Crippen molar-refractivity contribution in [2.24, 2.45) is 0 Å². The number of hydrogen-bond acceptors (Lipinski definition) is 1. The van der Waals surface area contributed by atoms with Crippen LogP contribution in [-0.4, -0.2) is 17.8 Å². The van der Waals surface area contributed by atoms with Crippen LogP contribution in [0.2, 0.25) is 0 Å². The van der Waals surface area contributed by atoms with E-state index in [1.165, 1.54) is 0 Å². The number of rotatable bonds is 4. The zero-order valence-corrected chi connectivity index (χ0v) is 7.86. The monoisotopic (exact) mass is 179 g/mol. The maximum absolute atomic E-state index is 10.3. The summed E-state index contributed by atoms with van der Waals surface area (Å²) in [7, 11) is 0. The number of hydrogen-bond donors (Lipinski definition) is 1. The molecule has 1 atom stereocenters. The molecule has 0 spiro atoms. The Kier molecular flexibility index (Phi) is 3.93. The fraction of sp³-hybridized carbons (Fsp3) is 0.455. The van der Waals surface area contributed by atoms with Gasteiger partial charge >= 0.3 is 0 Å². The highest BCUT2D eigenvalue weighted by atomic mass is 16.3. The molecule has 1 N–H and O–H groups in total. The first-order chi connectivity index (χ1) is 6.22. The van der Waals surface area contributed by atoms with E-state index in [-0.39, 0.29) is 12.7 Å². The van der Waals surface area contributed by atoms with E-state index in [1.807, 2.05) is 24.3 Å². The van der Waals surface area contributed by atoms with Gasteiger partial charge in [0.1, 0.15) is 0 Å². The molecule has 0 bridgehead atoms. The highest BCUT2D eigenvalue weighted by Gasteiger charge is 1.98. The molecule has 71 valence electrons. The minimum Gasteiger partial charge on any atom is -0.393 e. The molecule has 0 heterocycles. The van der Waals surface area contributed by atoms with E-state index in [1.54, 1.807) is 6.92 Å². The van der Waals surface area contributed by atoms with Crippen LogP contribution in [0.5, 0.6) is 0 Å². The van der Waals surface area contributed by atoms with Crippen molar-refractivity contribution in [3.63, 3.8) is 0 Å². The molecule has 0 saturated heterocycles. The number of aliphatic hydroxyl groups excluding tert-OH is 1. The van der Waals surface area contributed by atoms with Crippen molar-refractivity contribution >= 4 is 0 Å². The Morgan fingerprint density at radius 1 is 1.23 bits per heavy atom. The van der Waals surface area contributed by atoms with Gasteiger partial charge < -0.3 is 5.11 Å². The summed E-state index contributed by atoms with van der Waals surface area (Å²) in [6.45, 7) is 1.71. The van der Waals surface area contributed by atoms with Crippen LogP contribution in [0.15, 0.2) is 24.3 Å². The summed E-state index contributed by atoms with van der Waals surface area (Å²) in [5.74, 6) is 0. The summed E-state index contributed by atoms with van der Waals surface area (Å²) in [5, 5.41) is 19.5. The topological polar surface area (TPSA) is 40.1 Å². The third-order valence-corrected chi connectivity index (χ3v) is 1.94. The van der Waals surface area contributed by atoms with Crippen molar-refractivity contribution in [3.8, 4) is 0 Å². The smallest absolute Gasteiger partial charge is 0.0862 e. The van der Waals surface area contributed by atoms with Crippen LogP contribution in [0, 0.1) is 0 Å². The normalized spacial score (nSPS) is 12.8. The van der Waals surface area contributed by atoms with Crippen LogP contribution in [-0.2, 0) is 17.9 Å². The lowest BCUT2D eigenvalue weighted by molar-refractivity contribution is 0.195. The van der Waals surface area contributed by atoms with Crippen LogP contribution in [0.3, 0.4) is 0 Å². The van der Waals surface area contributed by atoms with Crippen molar-refractivity contribution in [1.29, 1.82) is 0 Å². The summed E-state index contributed by atoms with van der Waals surface area (Å²) >= 11 is 0. The number of aliphatic hydroxyl groups is 1. The third-order valence-electron chi connectivity index (χ3n) is 1.94. The molecular formula is C11H15O2. The van der Waals surface area contributed by atoms with E-state index in [0.29, 0.717) is 12.8 Å². The van der Waals surface area contributed by atoms with E-state index < -0.39 is 0 Å². The van der Waals surface area contributed by atoms with E-state index in [4.69, 9.17) is 5.11 Å². The molecule has 13 heavy (non-hydrogen) atoms. The van der Waals surface area contributed by atoms with E-state index >= 15 is 0 Å². The molecule has 2 nitrogen and oxygen atoms in total. The van der Waals surface area contributed by atoms with Crippen LogP contribution in [0.4, 0.5) is 0 Å². The molecule has 1 aromatic carbocycles. The maximum Gasteiger partial charge on any atom is 0.0862 e. The Bertz CT molecular complexity index is 239. The van der Waals surface area contributed by atoms with Crippen LogP contribution < -0.4 is 0 Å². The standard InChI is InChI=1S/C11H15O2/c1-9(13)8-11-4-2-10(3-5-11)6-7-12/h2-5,9,13H,6-8H2,1H3. The van der Waals surface area contributed by atoms with E-state index in [9.17, 15) is 5.11 Å². The van der Waals surface area contributed by atoms with Gasteiger partial charge in [0.2, 0.25) is 0 Å². The summed E-state index contributed by atoms with van der Waals surface area (Å²) in [5.41, 5.74) is 2.19. The van der Waals surface area contributed by atoms with Gasteiger partial charge in [-0.25, -0.2) is 5.11 Å². The molecule has 2 heteroatoms. The van der Waals surface area contributed by atoms with Gasteiger partial charge in [-0.3, -0.25) is 0 Å². The fourth-order valence-corrected chi connectivity index (χ4v) is 1.30. The van der Waals surface area contributed by atoms with Crippen molar-refractivity contribution in [1.82, 2.24) is 0 Å². The second kappa shape index (κ2) is 5.00. The molecule has 0 aliphatic heterocycles. The lowest BCUT2D eigenvalue weighted by Crippen LogP contribution is -2.04. The van der Waals surface area contributed by atoms with Crippen LogP contribution in [0.25, 0.3) is 0 Å². The molecule has 0 aliphatic rings. The quantitative estimate of drug-likeness (QED) is 0.749. The van der Waals surface area contributed by atoms with Crippen molar-refractivity contribution in [2.45, 2.75) is 25.9 Å². The van der Waals surface area contributed by atoms with Crippen molar-refractivity contribution < 1.29 is 10.2 Å². The second-order valence-corrected chi connectivity index (χ2v) is 3.32. The molecule has 0 amide bonds. The minimum absolute atomic E-state index is 0.0598. The summed E-state index contributed by atoms with van der Waals surface area (Å²) < 4.78 is 0. The molecule has 0 saturated carbocycles. The van der Waals surface area contributed by atoms with Crippen molar-refractivity contribution in [2.75, 3.05) is 6.61 Å². The highest BCUT2D eigenvalue weighted by Crippen LogP contribution is 2.07. The molecular weight excluding hydrogens is 164 g/mol. The zero-order valence-electron chi connectivity index (χ0n) is 7.86. The maximum atomic E-state index is 10.3. The average Bonchev–Trinajstić information content (AvgIpc) is 2.08. The summed E-state index contributed by atoms with van der Waals surface area (Å²) in [6.07, 6.45) is 0.970. The summed E-state index contributed by atoms with van der Waals surface area (Å²) in [4.78, 5) is 0. The molecule has 1 rings (SSSR count). The Balaban J connectivity index is 2.59. The molecule has 0 aromatic heterocycles. The largest absolute Gasteiger partial charge is 0.393 e. The van der Waals surface area contributed by atoms with Crippen LogP contribution >= 0.6 is 0 Å². The first-order valence-corrected chi connectivity index (χ1v) is 4.56. The Hall–Kier alpha value is -0.860. The van der Waals surface area contributed by atoms with Gasteiger partial charge in [0.25, 0.3) is 0 Å². The van der Waals surface area contributed by atoms with Gasteiger partial charge in [0, 0.05) is 0 Å². The predicted molar refractivity (Wildman–Crippen MR) is 51.1 cm³/mol. The molecule has 0 aliphatic carbocycles. The van der Waals surface area contributed by atoms with Gasteiger partial charge in [-0.05, 0) is 30.9 Å². The molecule has 0 fully saturated rings. The van der Waals surface area contributed by atoms with Gasteiger partial charge in [0.15, 0.2) is 0 Å². The summed E-state index contributed by atoms with van der Waals surface area (Å²) in [6, 6.07) is 7.85. The molecule has 1 unspecified atom stereocenters. The second-order valence-electron chi connectivity index (χ2n) is 3.32. The predicted octanol–water partition coefficient (Wildman–Crippen LogP) is 1.58. The first-order valence-electron chi connectivity index (χ1n) is 4.56. The SMILES string of the molecule is CC(O)Cc1ccc(CC[O])cc1. The van der Waals surface area contributed by atoms with Gasteiger partial charge in [-0.15, -0.1) is 0 Å². The third kappa shape index (κ3) is 3.57. The molecule has 1 aromatic rings. The van der Waals surface area contributed by atoms with Gasteiger partial charge in [0.05, 0.1) is 12.7 Å². The average molecular weight is 179 g/mol. The first kappa shape index (κ1) is 10.2. The van der Waals surface area contributed by atoms with Gasteiger partial charge in [-0.1, -0.05) is 24.3 Å². The van der Waals surface area contributed by atoms with E-state index in [2.05, 4.69) is 0 Å². The molecule has 1 radical (unpaired) electrons. The Morgan fingerprint density at radius 3 is 2.23 bits per heavy atom. The van der Waals surface area contributed by atoms with Crippen molar-refractivity contribution in [3.05, 3.63) is 35.4 Å². The lowest BCUT2D eigenvalue weighted by Gasteiger charge is -2.04. The zero-order chi connectivity index (χ0) is 9.68. The van der Waals surface area contributed by atoms with Gasteiger partial charge in [-0.2, -0.15) is 0 Å². The Morgan fingerprint density at radius 2 is 1.77 bits per heavy atom. The lowest BCUT2D eigenvalue weighted by atomic mass is 10.1. The van der Waals surface area contributed by atoms with Crippen LogP contribution in [0.1, 0.15) is 18.1 Å². The Labute approximate surface area is 78.8 Å². The fourth-order valence-electron chi connectivity index (χ4n) is 1.30. The number of benzene rings is 1.